The molecule has 2 aromatic rings. The second kappa shape index (κ2) is 5.89. The summed E-state index contributed by atoms with van der Waals surface area (Å²) in [5, 5.41) is 4.29. The molecule has 0 spiro atoms. The Labute approximate surface area is 131 Å². The van der Waals surface area contributed by atoms with Gasteiger partial charge in [0.25, 0.3) is 0 Å². The molecule has 1 saturated carbocycles. The van der Waals surface area contributed by atoms with Crippen molar-refractivity contribution < 1.29 is 4.74 Å². The average molecular weight is 300 g/mol. The number of fused-ring (bicyclic) bond motifs is 1. The maximum absolute atomic E-state index is 6.16. The van der Waals surface area contributed by atoms with E-state index in [4.69, 9.17) is 4.74 Å². The lowest BCUT2D eigenvalue weighted by atomic mass is 10.0. The zero-order valence-electron chi connectivity index (χ0n) is 13.1. The van der Waals surface area contributed by atoms with Gasteiger partial charge in [0.1, 0.15) is 0 Å². The van der Waals surface area contributed by atoms with Crippen LogP contribution in [-0.2, 0) is 24.9 Å². The first kappa shape index (κ1) is 14.0. The van der Waals surface area contributed by atoms with Gasteiger partial charge in [-0.1, -0.05) is 0 Å². The van der Waals surface area contributed by atoms with E-state index in [0.29, 0.717) is 18.1 Å². The summed E-state index contributed by atoms with van der Waals surface area (Å²) in [6, 6.07) is 4.76. The van der Waals surface area contributed by atoms with Gasteiger partial charge >= 0.3 is 0 Å². The van der Waals surface area contributed by atoms with E-state index >= 15 is 0 Å². The highest BCUT2D eigenvalue weighted by molar-refractivity contribution is 5.06. The van der Waals surface area contributed by atoms with Crippen molar-refractivity contribution >= 4 is 0 Å². The number of hydrogen-bond donors (Lipinski definition) is 0. The van der Waals surface area contributed by atoms with Crippen LogP contribution in [-0.4, -0.2) is 44.5 Å². The molecule has 0 bridgehead atoms. The molecule has 2 aliphatic rings. The molecule has 2 fully saturated rings. The zero-order valence-corrected chi connectivity index (χ0v) is 13.1. The summed E-state index contributed by atoms with van der Waals surface area (Å²) in [6.45, 7) is 3.96. The minimum Gasteiger partial charge on any atom is -0.375 e. The Morgan fingerprint density at radius 1 is 1.27 bits per heavy atom. The molecule has 5 nitrogen and oxygen atoms in total. The quantitative estimate of drug-likeness (QED) is 0.865. The number of nitrogens with zero attached hydrogens (tertiary/aromatic N) is 4. The molecule has 3 atom stereocenters. The van der Waals surface area contributed by atoms with Crippen LogP contribution in [0.3, 0.4) is 0 Å². The van der Waals surface area contributed by atoms with Crippen molar-refractivity contribution in [1.82, 2.24) is 19.2 Å². The summed E-state index contributed by atoms with van der Waals surface area (Å²) in [6.07, 6.45) is 11.3. The van der Waals surface area contributed by atoms with E-state index in [1.165, 1.54) is 18.4 Å². The van der Waals surface area contributed by atoms with Gasteiger partial charge in [-0.3, -0.25) is 9.58 Å². The van der Waals surface area contributed by atoms with Crippen LogP contribution in [0.25, 0.3) is 0 Å². The summed E-state index contributed by atoms with van der Waals surface area (Å²) in [4.78, 5) is 2.60. The maximum atomic E-state index is 6.16. The Morgan fingerprint density at radius 3 is 2.91 bits per heavy atom. The highest BCUT2D eigenvalue weighted by atomic mass is 16.5. The lowest BCUT2D eigenvalue weighted by molar-refractivity contribution is -0.0785. The lowest BCUT2D eigenvalue weighted by Gasteiger charge is -2.39. The van der Waals surface area contributed by atoms with Crippen LogP contribution in [0.1, 0.15) is 18.4 Å². The fourth-order valence-electron chi connectivity index (χ4n) is 4.08. The molecular formula is C17H24N4O. The van der Waals surface area contributed by atoms with Gasteiger partial charge in [0.2, 0.25) is 0 Å². The van der Waals surface area contributed by atoms with Crippen LogP contribution in [0.15, 0.2) is 36.9 Å². The van der Waals surface area contributed by atoms with E-state index < -0.39 is 0 Å². The standard InChI is InChI=1S/C17H24N4O/c1-19-11-14(10-18-19)12-21-8-9-22-17-15(4-5-16(17)21)13-20-6-2-3-7-20/h2-3,6-7,10-11,15-17H,4-5,8-9,12-13H2,1H3. The number of ether oxygens (including phenoxy) is 1. The molecule has 4 rings (SSSR count). The zero-order chi connectivity index (χ0) is 14.9. The Hall–Kier alpha value is -1.59. The van der Waals surface area contributed by atoms with Crippen LogP contribution in [0.5, 0.6) is 0 Å². The van der Waals surface area contributed by atoms with E-state index in [1.54, 1.807) is 0 Å². The molecule has 0 radical (unpaired) electrons. The molecule has 1 saturated heterocycles. The van der Waals surface area contributed by atoms with Gasteiger partial charge in [-0.2, -0.15) is 5.10 Å². The third-order valence-corrected chi connectivity index (χ3v) is 5.09. The van der Waals surface area contributed by atoms with Crippen molar-refractivity contribution in [1.29, 1.82) is 0 Å². The van der Waals surface area contributed by atoms with Gasteiger partial charge in [0, 0.05) is 62.8 Å². The number of rotatable bonds is 4. The molecule has 1 aliphatic carbocycles. The SMILES string of the molecule is Cn1cc(CN2CCOC3C(Cn4cccc4)CCC32)cn1. The summed E-state index contributed by atoms with van der Waals surface area (Å²) in [7, 11) is 1.98. The lowest BCUT2D eigenvalue weighted by Crippen LogP contribution is -2.50. The number of aryl methyl sites for hydroxylation is 1. The van der Waals surface area contributed by atoms with E-state index in [1.807, 2.05) is 17.9 Å². The number of morpholine rings is 1. The topological polar surface area (TPSA) is 35.2 Å². The van der Waals surface area contributed by atoms with Crippen LogP contribution < -0.4 is 0 Å². The van der Waals surface area contributed by atoms with Gasteiger partial charge in [0.15, 0.2) is 0 Å². The Balaban J connectivity index is 1.44. The van der Waals surface area contributed by atoms with E-state index in [-0.39, 0.29) is 0 Å². The summed E-state index contributed by atoms with van der Waals surface area (Å²) < 4.78 is 10.3. The molecule has 0 aromatic carbocycles. The summed E-state index contributed by atoms with van der Waals surface area (Å²) in [5.74, 6) is 0.633. The van der Waals surface area contributed by atoms with Crippen molar-refractivity contribution in [3.8, 4) is 0 Å². The fraction of sp³-hybridized carbons (Fsp3) is 0.588. The first-order valence-corrected chi connectivity index (χ1v) is 8.23. The van der Waals surface area contributed by atoms with Crippen LogP contribution in [0.4, 0.5) is 0 Å². The fourth-order valence-corrected chi connectivity index (χ4v) is 4.08. The van der Waals surface area contributed by atoms with Crippen LogP contribution in [0, 0.1) is 5.92 Å². The highest BCUT2D eigenvalue weighted by Gasteiger charge is 2.42. The molecule has 2 aromatic heterocycles. The van der Waals surface area contributed by atoms with Crippen molar-refractivity contribution in [2.45, 2.75) is 38.1 Å². The molecule has 3 unspecified atom stereocenters. The molecule has 3 heterocycles. The molecule has 22 heavy (non-hydrogen) atoms. The Bertz CT molecular complexity index is 606. The van der Waals surface area contributed by atoms with Crippen LogP contribution in [0.2, 0.25) is 0 Å². The van der Waals surface area contributed by atoms with Gasteiger partial charge in [-0.25, -0.2) is 0 Å². The van der Waals surface area contributed by atoms with Crippen molar-refractivity contribution in [2.75, 3.05) is 13.2 Å². The van der Waals surface area contributed by atoms with Crippen molar-refractivity contribution in [3.05, 3.63) is 42.5 Å². The predicted molar refractivity (Wildman–Crippen MR) is 84.3 cm³/mol. The normalized spacial score (nSPS) is 28.9. The number of aromatic nitrogens is 3. The second-order valence-electron chi connectivity index (χ2n) is 6.61. The smallest absolute Gasteiger partial charge is 0.0776 e. The van der Waals surface area contributed by atoms with E-state index in [9.17, 15) is 0 Å². The largest absolute Gasteiger partial charge is 0.375 e. The van der Waals surface area contributed by atoms with Gasteiger partial charge < -0.3 is 9.30 Å². The maximum Gasteiger partial charge on any atom is 0.0776 e. The third-order valence-electron chi connectivity index (χ3n) is 5.09. The molecule has 118 valence electrons. The first-order chi connectivity index (χ1) is 10.8. The van der Waals surface area contributed by atoms with Gasteiger partial charge in [-0.05, 0) is 25.0 Å². The van der Waals surface area contributed by atoms with Crippen molar-refractivity contribution in [2.24, 2.45) is 13.0 Å². The van der Waals surface area contributed by atoms with Gasteiger partial charge in [0.05, 0.1) is 18.9 Å². The molecule has 0 N–H and O–H groups in total. The van der Waals surface area contributed by atoms with Crippen molar-refractivity contribution in [3.63, 3.8) is 0 Å². The summed E-state index contributed by atoms with van der Waals surface area (Å²) >= 11 is 0. The monoisotopic (exact) mass is 300 g/mol. The van der Waals surface area contributed by atoms with E-state index in [0.717, 1.165) is 26.2 Å². The molecule has 0 amide bonds. The minimum atomic E-state index is 0.382. The Morgan fingerprint density at radius 2 is 2.14 bits per heavy atom. The third kappa shape index (κ3) is 2.71. The predicted octanol–water partition coefficient (Wildman–Crippen LogP) is 1.90. The average Bonchev–Trinajstić information content (AvgIpc) is 3.23. The highest BCUT2D eigenvalue weighted by Crippen LogP contribution is 2.36. The van der Waals surface area contributed by atoms with Crippen LogP contribution >= 0.6 is 0 Å². The first-order valence-electron chi connectivity index (χ1n) is 8.23. The Kier molecular flexibility index (Phi) is 3.76. The molecular weight excluding hydrogens is 276 g/mol. The molecule has 5 heteroatoms. The summed E-state index contributed by atoms with van der Waals surface area (Å²) in [5.41, 5.74) is 1.30. The van der Waals surface area contributed by atoms with E-state index in [2.05, 4.69) is 45.3 Å². The molecule has 1 aliphatic heterocycles. The van der Waals surface area contributed by atoms with Gasteiger partial charge in [-0.15, -0.1) is 0 Å². The number of hydrogen-bond acceptors (Lipinski definition) is 3. The second-order valence-corrected chi connectivity index (χ2v) is 6.61. The minimum absolute atomic E-state index is 0.382.